The second-order valence-electron chi connectivity index (χ2n) is 4.80. The minimum Gasteiger partial charge on any atom is -0.326 e. The van der Waals surface area contributed by atoms with Gasteiger partial charge in [0, 0.05) is 31.9 Å². The first-order valence-corrected chi connectivity index (χ1v) is 7.90. The van der Waals surface area contributed by atoms with Gasteiger partial charge in [-0.15, -0.1) is 0 Å². The number of sulfone groups is 1. The molecule has 0 radical (unpaired) electrons. The van der Waals surface area contributed by atoms with E-state index < -0.39 is 9.84 Å². The van der Waals surface area contributed by atoms with Crippen LogP contribution in [0.15, 0.2) is 18.3 Å². The van der Waals surface area contributed by atoms with Gasteiger partial charge in [-0.3, -0.25) is 9.88 Å². The zero-order valence-corrected chi connectivity index (χ0v) is 11.4. The highest BCUT2D eigenvalue weighted by Gasteiger charge is 2.28. The van der Waals surface area contributed by atoms with Crippen LogP contribution < -0.4 is 5.73 Å². The first kappa shape index (κ1) is 13.5. The normalized spacial score (nSPS) is 24.0. The fourth-order valence-corrected chi connectivity index (χ4v) is 3.77. The van der Waals surface area contributed by atoms with Gasteiger partial charge in [0.15, 0.2) is 9.84 Å². The second-order valence-corrected chi connectivity index (χ2v) is 7.02. The second kappa shape index (κ2) is 5.34. The molecule has 1 unspecified atom stereocenters. The summed E-state index contributed by atoms with van der Waals surface area (Å²) in [6.45, 7) is 3.72. The minimum absolute atomic E-state index is 0.0553. The molecule has 6 heteroatoms. The molecule has 5 nitrogen and oxygen atoms in total. The molecule has 1 aromatic rings. The van der Waals surface area contributed by atoms with Crippen molar-refractivity contribution in [1.82, 2.24) is 9.88 Å². The van der Waals surface area contributed by atoms with Gasteiger partial charge in [0.2, 0.25) is 0 Å². The Balaban J connectivity index is 2.01. The van der Waals surface area contributed by atoms with Crippen LogP contribution in [-0.2, 0) is 22.9 Å². The van der Waals surface area contributed by atoms with Gasteiger partial charge in [-0.2, -0.15) is 0 Å². The number of hydrogen-bond donors (Lipinski definition) is 1. The third-order valence-corrected chi connectivity index (χ3v) is 5.09. The summed E-state index contributed by atoms with van der Waals surface area (Å²) in [4.78, 5) is 6.50. The lowest BCUT2D eigenvalue weighted by Crippen LogP contribution is -2.46. The average molecular weight is 269 g/mol. The molecule has 0 spiro atoms. The summed E-state index contributed by atoms with van der Waals surface area (Å²) in [6, 6.07) is 3.98. The molecule has 1 aliphatic heterocycles. The van der Waals surface area contributed by atoms with Crippen LogP contribution in [0.2, 0.25) is 0 Å². The van der Waals surface area contributed by atoms with Crippen LogP contribution in [0.5, 0.6) is 0 Å². The predicted molar refractivity (Wildman–Crippen MR) is 70.7 cm³/mol. The summed E-state index contributed by atoms with van der Waals surface area (Å²) in [6.07, 6.45) is 1.78. The van der Waals surface area contributed by atoms with E-state index in [-0.39, 0.29) is 17.5 Å². The summed E-state index contributed by atoms with van der Waals surface area (Å²) in [5.74, 6) is 0.492. The molecule has 1 atom stereocenters. The third-order valence-electron chi connectivity index (χ3n) is 3.29. The summed E-state index contributed by atoms with van der Waals surface area (Å²) in [5.41, 5.74) is 7.48. The van der Waals surface area contributed by atoms with Crippen LogP contribution in [0.4, 0.5) is 0 Å². The van der Waals surface area contributed by atoms with Gasteiger partial charge in [-0.1, -0.05) is 6.07 Å². The van der Waals surface area contributed by atoms with Gasteiger partial charge >= 0.3 is 0 Å². The van der Waals surface area contributed by atoms with Crippen molar-refractivity contribution in [3.63, 3.8) is 0 Å². The van der Waals surface area contributed by atoms with E-state index in [2.05, 4.69) is 9.88 Å². The van der Waals surface area contributed by atoms with Crippen LogP contribution in [0, 0.1) is 0 Å². The standard InChI is InChI=1S/C12H19N3O2S/c1-10-9-18(16,17)5-4-15(10)8-12-3-2-11(6-13)7-14-12/h2-3,7,10H,4-6,8-9,13H2,1H3. The molecule has 2 rings (SSSR count). The maximum absolute atomic E-state index is 11.5. The summed E-state index contributed by atoms with van der Waals surface area (Å²) in [5, 5.41) is 0. The highest BCUT2D eigenvalue weighted by atomic mass is 32.2. The van der Waals surface area contributed by atoms with Gasteiger partial charge in [0.1, 0.15) is 0 Å². The van der Waals surface area contributed by atoms with Gasteiger partial charge in [-0.05, 0) is 18.6 Å². The van der Waals surface area contributed by atoms with Crippen molar-refractivity contribution in [2.24, 2.45) is 5.73 Å². The molecule has 1 saturated heterocycles. The number of pyridine rings is 1. The van der Waals surface area contributed by atoms with Crippen molar-refractivity contribution in [2.75, 3.05) is 18.1 Å². The van der Waals surface area contributed by atoms with Crippen LogP contribution in [0.25, 0.3) is 0 Å². The van der Waals surface area contributed by atoms with Gasteiger partial charge < -0.3 is 5.73 Å². The molecule has 2 N–H and O–H groups in total. The van der Waals surface area contributed by atoms with Crippen LogP contribution >= 0.6 is 0 Å². The van der Waals surface area contributed by atoms with Crippen molar-refractivity contribution in [3.8, 4) is 0 Å². The lowest BCUT2D eigenvalue weighted by Gasteiger charge is -2.32. The zero-order chi connectivity index (χ0) is 13.2. The van der Waals surface area contributed by atoms with Crippen molar-refractivity contribution in [3.05, 3.63) is 29.6 Å². The van der Waals surface area contributed by atoms with E-state index in [1.54, 1.807) is 6.20 Å². The van der Waals surface area contributed by atoms with Crippen LogP contribution in [-0.4, -0.2) is 42.4 Å². The van der Waals surface area contributed by atoms with Crippen molar-refractivity contribution < 1.29 is 8.42 Å². The topological polar surface area (TPSA) is 76.3 Å². The van der Waals surface area contributed by atoms with Crippen LogP contribution in [0.1, 0.15) is 18.2 Å². The lowest BCUT2D eigenvalue weighted by molar-refractivity contribution is 0.215. The molecule has 1 aromatic heterocycles. The van der Waals surface area contributed by atoms with E-state index in [0.29, 0.717) is 19.6 Å². The Morgan fingerprint density at radius 1 is 1.50 bits per heavy atom. The fourth-order valence-electron chi connectivity index (χ4n) is 2.15. The largest absolute Gasteiger partial charge is 0.326 e. The molecule has 1 aliphatic rings. The Morgan fingerprint density at radius 2 is 2.28 bits per heavy atom. The highest BCUT2D eigenvalue weighted by Crippen LogP contribution is 2.14. The van der Waals surface area contributed by atoms with Gasteiger partial charge in [0.05, 0.1) is 17.2 Å². The molecule has 2 heterocycles. The molecular formula is C12H19N3O2S. The zero-order valence-electron chi connectivity index (χ0n) is 10.5. The maximum Gasteiger partial charge on any atom is 0.153 e. The average Bonchev–Trinajstić information content (AvgIpc) is 2.33. The molecule has 0 amide bonds. The van der Waals surface area contributed by atoms with E-state index in [0.717, 1.165) is 11.3 Å². The number of hydrogen-bond acceptors (Lipinski definition) is 5. The Hall–Kier alpha value is -0.980. The number of aromatic nitrogens is 1. The number of rotatable bonds is 3. The molecule has 0 aromatic carbocycles. The number of nitrogens with zero attached hydrogens (tertiary/aromatic N) is 2. The Morgan fingerprint density at radius 3 is 2.83 bits per heavy atom. The number of nitrogens with two attached hydrogens (primary N) is 1. The van der Waals surface area contributed by atoms with Gasteiger partial charge in [0.25, 0.3) is 0 Å². The molecule has 18 heavy (non-hydrogen) atoms. The molecule has 0 bridgehead atoms. The highest BCUT2D eigenvalue weighted by molar-refractivity contribution is 7.91. The van der Waals surface area contributed by atoms with Crippen molar-refractivity contribution in [2.45, 2.75) is 26.1 Å². The van der Waals surface area contributed by atoms with Crippen molar-refractivity contribution in [1.29, 1.82) is 0 Å². The quantitative estimate of drug-likeness (QED) is 0.846. The monoisotopic (exact) mass is 269 g/mol. The van der Waals surface area contributed by atoms with Crippen molar-refractivity contribution >= 4 is 9.84 Å². The minimum atomic E-state index is -2.85. The Labute approximate surface area is 108 Å². The Kier molecular flexibility index (Phi) is 3.99. The van der Waals surface area contributed by atoms with Crippen LogP contribution in [0.3, 0.4) is 0 Å². The lowest BCUT2D eigenvalue weighted by atomic mass is 10.2. The molecule has 1 fully saturated rings. The first-order chi connectivity index (χ1) is 8.50. The maximum atomic E-state index is 11.5. The fraction of sp³-hybridized carbons (Fsp3) is 0.583. The molecule has 100 valence electrons. The van der Waals surface area contributed by atoms with Gasteiger partial charge in [-0.25, -0.2) is 8.42 Å². The summed E-state index contributed by atoms with van der Waals surface area (Å²) in [7, 11) is -2.85. The van der Waals surface area contributed by atoms with E-state index >= 15 is 0 Å². The smallest absolute Gasteiger partial charge is 0.153 e. The predicted octanol–water partition coefficient (Wildman–Crippen LogP) is 0.159. The Bertz CT molecular complexity index is 499. The molecule has 0 aliphatic carbocycles. The summed E-state index contributed by atoms with van der Waals surface area (Å²) < 4.78 is 23.0. The first-order valence-electron chi connectivity index (χ1n) is 6.08. The van der Waals surface area contributed by atoms with E-state index in [1.165, 1.54) is 0 Å². The summed E-state index contributed by atoms with van der Waals surface area (Å²) >= 11 is 0. The van der Waals surface area contributed by atoms with E-state index in [9.17, 15) is 8.42 Å². The van der Waals surface area contributed by atoms with E-state index in [1.807, 2.05) is 19.1 Å². The molecular weight excluding hydrogens is 250 g/mol. The molecule has 0 saturated carbocycles. The SMILES string of the molecule is CC1CS(=O)(=O)CCN1Cc1ccc(CN)cn1. The van der Waals surface area contributed by atoms with E-state index in [4.69, 9.17) is 5.73 Å². The third kappa shape index (κ3) is 3.28.